The molecule has 0 amide bonds. The van der Waals surface area contributed by atoms with Crippen LogP contribution >= 0.6 is 0 Å². The summed E-state index contributed by atoms with van der Waals surface area (Å²) in [4.78, 5) is 27.6. The van der Waals surface area contributed by atoms with Gasteiger partial charge in [-0.1, -0.05) is 12.1 Å². The molecular formula is C18H16N4O4. The van der Waals surface area contributed by atoms with E-state index in [2.05, 4.69) is 15.2 Å². The monoisotopic (exact) mass is 352 g/mol. The molecule has 0 bridgehead atoms. The Morgan fingerprint density at radius 1 is 1.23 bits per heavy atom. The van der Waals surface area contributed by atoms with Gasteiger partial charge in [-0.2, -0.15) is 0 Å². The molecule has 0 unspecified atom stereocenters. The summed E-state index contributed by atoms with van der Waals surface area (Å²) in [5, 5.41) is 17.4. The van der Waals surface area contributed by atoms with Crippen LogP contribution in [0.3, 0.4) is 0 Å². The van der Waals surface area contributed by atoms with E-state index in [1.807, 2.05) is 0 Å². The Morgan fingerprint density at radius 3 is 2.77 bits per heavy atom. The van der Waals surface area contributed by atoms with E-state index in [0.717, 1.165) is 5.56 Å². The quantitative estimate of drug-likeness (QED) is 0.553. The van der Waals surface area contributed by atoms with Crippen molar-refractivity contribution in [1.29, 1.82) is 0 Å². The number of ether oxygens (including phenoxy) is 1. The Hall–Kier alpha value is -3.55. The first kappa shape index (κ1) is 17.3. The second-order valence-corrected chi connectivity index (χ2v) is 5.44. The van der Waals surface area contributed by atoms with Gasteiger partial charge in [0.2, 0.25) is 0 Å². The number of pyridine rings is 1. The lowest BCUT2D eigenvalue weighted by atomic mass is 10.1. The summed E-state index contributed by atoms with van der Waals surface area (Å²) in [7, 11) is 0. The molecule has 3 aromatic rings. The molecule has 8 nitrogen and oxygen atoms in total. The maximum absolute atomic E-state index is 12.2. The van der Waals surface area contributed by atoms with Crippen LogP contribution in [0.15, 0.2) is 52.8 Å². The molecule has 0 aliphatic rings. The Bertz CT molecular complexity index is 1020. The molecule has 0 radical (unpaired) electrons. The normalized spacial score (nSPS) is 11.2. The standard InChI is InChI=1S/C18H16N4O4/c1-3-26-18(25)15-16(22-9-5-4-6-14(22)19-15)21-20-13-10-12(17(23)24)8-7-11(13)2/h4-10H,3H2,1-2H3,(H,23,24). The van der Waals surface area contributed by atoms with Crippen LogP contribution < -0.4 is 0 Å². The number of hydrogen-bond acceptors (Lipinski definition) is 6. The number of rotatable bonds is 5. The SMILES string of the molecule is CCOC(=O)c1nc2ccccn2c1N=Nc1cc(C(=O)O)ccc1C. The zero-order chi connectivity index (χ0) is 18.7. The number of benzene rings is 1. The van der Waals surface area contributed by atoms with Crippen molar-refractivity contribution in [3.8, 4) is 0 Å². The highest BCUT2D eigenvalue weighted by molar-refractivity contribution is 5.93. The van der Waals surface area contributed by atoms with Gasteiger partial charge in [0.05, 0.1) is 17.9 Å². The zero-order valence-corrected chi connectivity index (χ0v) is 14.2. The maximum atomic E-state index is 12.2. The number of fused-ring (bicyclic) bond motifs is 1. The van der Waals surface area contributed by atoms with E-state index in [1.165, 1.54) is 12.1 Å². The molecule has 0 aliphatic carbocycles. The van der Waals surface area contributed by atoms with Crippen molar-refractivity contribution in [2.75, 3.05) is 6.61 Å². The molecule has 1 aromatic carbocycles. The highest BCUT2D eigenvalue weighted by atomic mass is 16.5. The molecule has 0 fully saturated rings. The lowest BCUT2D eigenvalue weighted by molar-refractivity contribution is 0.0520. The fraction of sp³-hybridized carbons (Fsp3) is 0.167. The fourth-order valence-corrected chi connectivity index (χ4v) is 2.37. The summed E-state index contributed by atoms with van der Waals surface area (Å²) < 4.78 is 6.65. The third kappa shape index (κ3) is 3.30. The molecule has 0 spiro atoms. The zero-order valence-electron chi connectivity index (χ0n) is 14.2. The minimum atomic E-state index is -1.05. The summed E-state index contributed by atoms with van der Waals surface area (Å²) in [6, 6.07) is 9.87. The van der Waals surface area contributed by atoms with Gasteiger partial charge in [0.25, 0.3) is 0 Å². The highest BCUT2D eigenvalue weighted by Gasteiger charge is 2.20. The van der Waals surface area contributed by atoms with Gasteiger partial charge in [0.1, 0.15) is 5.65 Å². The molecular weight excluding hydrogens is 336 g/mol. The van der Waals surface area contributed by atoms with Gasteiger partial charge in [-0.05, 0) is 43.7 Å². The first-order chi connectivity index (χ1) is 12.5. The Labute approximate surface area is 148 Å². The molecule has 132 valence electrons. The minimum Gasteiger partial charge on any atom is -0.478 e. The minimum absolute atomic E-state index is 0.0499. The molecule has 0 atom stereocenters. The number of carboxylic acids is 1. The molecule has 2 heterocycles. The topological polar surface area (TPSA) is 106 Å². The second-order valence-electron chi connectivity index (χ2n) is 5.44. The fourth-order valence-electron chi connectivity index (χ4n) is 2.37. The van der Waals surface area contributed by atoms with Crippen molar-refractivity contribution in [2.24, 2.45) is 10.2 Å². The number of carbonyl (C=O) groups excluding carboxylic acids is 1. The number of nitrogens with zero attached hydrogens (tertiary/aromatic N) is 4. The van der Waals surface area contributed by atoms with E-state index in [0.29, 0.717) is 11.3 Å². The van der Waals surface area contributed by atoms with Crippen LogP contribution in [0.2, 0.25) is 0 Å². The highest BCUT2D eigenvalue weighted by Crippen LogP contribution is 2.27. The Morgan fingerprint density at radius 2 is 2.04 bits per heavy atom. The molecule has 0 aliphatic heterocycles. The third-order valence-corrected chi connectivity index (χ3v) is 3.68. The Balaban J connectivity index is 2.09. The van der Waals surface area contributed by atoms with Crippen molar-refractivity contribution < 1.29 is 19.4 Å². The molecule has 8 heteroatoms. The summed E-state index contributed by atoms with van der Waals surface area (Å²) in [5.74, 6) is -1.43. The van der Waals surface area contributed by atoms with Crippen molar-refractivity contribution in [3.05, 3.63) is 59.4 Å². The van der Waals surface area contributed by atoms with Gasteiger partial charge >= 0.3 is 11.9 Å². The van der Waals surface area contributed by atoms with Gasteiger partial charge < -0.3 is 9.84 Å². The van der Waals surface area contributed by atoms with E-state index >= 15 is 0 Å². The molecule has 0 saturated carbocycles. The number of aryl methyl sites for hydroxylation is 1. The van der Waals surface area contributed by atoms with Crippen molar-refractivity contribution in [1.82, 2.24) is 9.38 Å². The van der Waals surface area contributed by atoms with Crippen LogP contribution in [0.1, 0.15) is 33.3 Å². The average Bonchev–Trinajstić information content (AvgIpc) is 3.00. The average molecular weight is 352 g/mol. The number of hydrogen-bond donors (Lipinski definition) is 1. The maximum Gasteiger partial charge on any atom is 0.360 e. The predicted molar refractivity (Wildman–Crippen MR) is 93.5 cm³/mol. The van der Waals surface area contributed by atoms with Crippen LogP contribution in [-0.4, -0.2) is 33.0 Å². The second kappa shape index (κ2) is 7.14. The Kier molecular flexibility index (Phi) is 4.74. The number of esters is 1. The van der Waals surface area contributed by atoms with E-state index in [-0.39, 0.29) is 23.7 Å². The molecule has 0 saturated heterocycles. The van der Waals surface area contributed by atoms with Gasteiger partial charge in [-0.3, -0.25) is 4.40 Å². The van der Waals surface area contributed by atoms with Crippen LogP contribution in [0.4, 0.5) is 11.5 Å². The van der Waals surface area contributed by atoms with Gasteiger partial charge in [-0.25, -0.2) is 14.6 Å². The smallest absolute Gasteiger partial charge is 0.360 e. The van der Waals surface area contributed by atoms with E-state index in [9.17, 15) is 9.59 Å². The van der Waals surface area contributed by atoms with Crippen LogP contribution in [0, 0.1) is 6.92 Å². The summed E-state index contributed by atoms with van der Waals surface area (Å²) >= 11 is 0. The number of carbonyl (C=O) groups is 2. The number of aromatic carboxylic acids is 1. The van der Waals surface area contributed by atoms with Gasteiger partial charge in [0.15, 0.2) is 11.5 Å². The molecule has 2 aromatic heterocycles. The van der Waals surface area contributed by atoms with Gasteiger partial charge in [-0.15, -0.1) is 10.2 Å². The lowest BCUT2D eigenvalue weighted by Gasteiger charge is -2.02. The van der Waals surface area contributed by atoms with Crippen molar-refractivity contribution >= 4 is 29.1 Å². The molecule has 1 N–H and O–H groups in total. The molecule has 26 heavy (non-hydrogen) atoms. The number of imidazole rings is 1. The summed E-state index contributed by atoms with van der Waals surface area (Å²) in [6.07, 6.45) is 1.71. The number of aromatic nitrogens is 2. The number of azo groups is 1. The van der Waals surface area contributed by atoms with Crippen LogP contribution in [-0.2, 0) is 4.74 Å². The largest absolute Gasteiger partial charge is 0.478 e. The first-order valence-electron chi connectivity index (χ1n) is 7.91. The van der Waals surface area contributed by atoms with Crippen molar-refractivity contribution in [3.63, 3.8) is 0 Å². The predicted octanol–water partition coefficient (Wildman–Crippen LogP) is 3.93. The summed E-state index contributed by atoms with van der Waals surface area (Å²) in [5.41, 5.74) is 1.83. The van der Waals surface area contributed by atoms with Crippen LogP contribution in [0.5, 0.6) is 0 Å². The number of carboxylic acid groups (broad SMARTS) is 1. The van der Waals surface area contributed by atoms with Gasteiger partial charge in [0, 0.05) is 6.20 Å². The van der Waals surface area contributed by atoms with E-state index < -0.39 is 11.9 Å². The molecule has 3 rings (SSSR count). The lowest BCUT2D eigenvalue weighted by Crippen LogP contribution is -2.05. The van der Waals surface area contributed by atoms with Crippen LogP contribution in [0.25, 0.3) is 5.65 Å². The summed E-state index contributed by atoms with van der Waals surface area (Å²) in [6.45, 7) is 3.71. The first-order valence-corrected chi connectivity index (χ1v) is 7.91. The van der Waals surface area contributed by atoms with E-state index in [4.69, 9.17) is 9.84 Å². The van der Waals surface area contributed by atoms with Crippen molar-refractivity contribution in [2.45, 2.75) is 13.8 Å². The van der Waals surface area contributed by atoms with E-state index in [1.54, 1.807) is 48.7 Å². The third-order valence-electron chi connectivity index (χ3n) is 3.68.